The number of aromatic amines is 1. The van der Waals surface area contributed by atoms with Crippen LogP contribution < -0.4 is 11.2 Å². The minimum Gasteiger partial charge on any atom is -0.493 e. The fourth-order valence-corrected chi connectivity index (χ4v) is 2.65. The Labute approximate surface area is 152 Å². The van der Waals surface area contributed by atoms with Crippen LogP contribution in [0.5, 0.6) is 5.88 Å². The first-order valence-corrected chi connectivity index (χ1v) is 8.77. The molecule has 1 aromatic carbocycles. The van der Waals surface area contributed by atoms with Gasteiger partial charge in [0.15, 0.2) is 0 Å². The van der Waals surface area contributed by atoms with Crippen LogP contribution in [0.4, 0.5) is 0 Å². The Hall–Kier alpha value is -2.67. The van der Waals surface area contributed by atoms with Crippen LogP contribution in [0.15, 0.2) is 32.8 Å². The molecule has 0 atom stereocenters. The lowest BCUT2D eigenvalue weighted by molar-refractivity contribution is 0.313. The molecular formula is C19H26N4O3. The number of nitrogens with one attached hydrogen (secondary N) is 1. The van der Waals surface area contributed by atoms with Crippen molar-refractivity contribution in [2.75, 3.05) is 26.2 Å². The van der Waals surface area contributed by atoms with E-state index in [0.717, 1.165) is 35.3 Å². The summed E-state index contributed by atoms with van der Waals surface area (Å²) in [7, 11) is 0. The van der Waals surface area contributed by atoms with Gasteiger partial charge in [-0.2, -0.15) is 0 Å². The first-order chi connectivity index (χ1) is 12.4. The Morgan fingerprint density at radius 1 is 1.19 bits per heavy atom. The molecule has 0 aliphatic heterocycles. The van der Waals surface area contributed by atoms with Crippen LogP contribution >= 0.6 is 0 Å². The molecule has 0 saturated carbocycles. The number of H-pyrrole nitrogens is 1. The van der Waals surface area contributed by atoms with Crippen molar-refractivity contribution < 1.29 is 5.11 Å². The monoisotopic (exact) mass is 358 g/mol. The number of nitrogens with zero attached hydrogens (tertiary/aromatic N) is 3. The lowest BCUT2D eigenvalue weighted by atomic mass is 10.1. The fourth-order valence-electron chi connectivity index (χ4n) is 2.65. The van der Waals surface area contributed by atoms with Crippen LogP contribution in [0.1, 0.15) is 30.5 Å². The maximum atomic E-state index is 12.2. The molecule has 140 valence electrons. The van der Waals surface area contributed by atoms with Gasteiger partial charge in [0.2, 0.25) is 5.88 Å². The van der Waals surface area contributed by atoms with E-state index in [1.54, 1.807) is 12.1 Å². The number of hydrogen-bond donors (Lipinski definition) is 2. The summed E-state index contributed by atoms with van der Waals surface area (Å²) in [5, 5.41) is 10.5. The summed E-state index contributed by atoms with van der Waals surface area (Å²) in [6, 6.07) is 5.37. The van der Waals surface area contributed by atoms with E-state index in [1.165, 1.54) is 6.21 Å². The maximum absolute atomic E-state index is 12.2. The zero-order chi connectivity index (χ0) is 19.3. The first-order valence-electron chi connectivity index (χ1n) is 8.77. The smallest absolute Gasteiger partial charge is 0.335 e. The standard InChI is InChI=1S/C19H26N4O3/c1-5-22(6-2)10-9-20-12-16-17(24)21-19(26)23(18(16)25)15-8-7-13(3)14(4)11-15/h7-8,11-12,25H,5-6,9-10H2,1-4H3,(H,21,24,26). The number of hydrogen-bond acceptors (Lipinski definition) is 5. The summed E-state index contributed by atoms with van der Waals surface area (Å²) in [6.45, 7) is 11.1. The highest BCUT2D eigenvalue weighted by molar-refractivity contribution is 5.82. The van der Waals surface area contributed by atoms with Crippen molar-refractivity contribution in [3.05, 3.63) is 55.7 Å². The molecule has 7 nitrogen and oxygen atoms in total. The van der Waals surface area contributed by atoms with Crippen molar-refractivity contribution in [1.29, 1.82) is 0 Å². The maximum Gasteiger partial charge on any atom is 0.335 e. The summed E-state index contributed by atoms with van der Waals surface area (Å²) in [6.07, 6.45) is 1.33. The quantitative estimate of drug-likeness (QED) is 0.736. The van der Waals surface area contributed by atoms with Crippen LogP contribution in [-0.2, 0) is 0 Å². The third-order valence-electron chi connectivity index (χ3n) is 4.53. The van der Waals surface area contributed by atoms with E-state index in [-0.39, 0.29) is 5.56 Å². The molecule has 2 N–H and O–H groups in total. The number of aromatic nitrogens is 2. The van der Waals surface area contributed by atoms with Gasteiger partial charge in [0.1, 0.15) is 5.56 Å². The average molecular weight is 358 g/mol. The van der Waals surface area contributed by atoms with Gasteiger partial charge in [-0.25, -0.2) is 9.36 Å². The van der Waals surface area contributed by atoms with Crippen LogP contribution in [-0.4, -0.2) is 52.0 Å². The van der Waals surface area contributed by atoms with Crippen molar-refractivity contribution in [2.45, 2.75) is 27.7 Å². The Bertz CT molecular complexity index is 908. The van der Waals surface area contributed by atoms with Crippen LogP contribution in [0.25, 0.3) is 5.69 Å². The minimum absolute atomic E-state index is 0.0256. The highest BCUT2D eigenvalue weighted by Gasteiger charge is 2.14. The molecule has 0 spiro atoms. The highest BCUT2D eigenvalue weighted by atomic mass is 16.3. The molecule has 0 fully saturated rings. The zero-order valence-electron chi connectivity index (χ0n) is 15.7. The second-order valence-electron chi connectivity index (χ2n) is 6.16. The van der Waals surface area contributed by atoms with Crippen molar-refractivity contribution in [1.82, 2.24) is 14.5 Å². The van der Waals surface area contributed by atoms with E-state index in [0.29, 0.717) is 12.2 Å². The molecule has 7 heteroatoms. The topological polar surface area (TPSA) is 90.7 Å². The summed E-state index contributed by atoms with van der Waals surface area (Å²) >= 11 is 0. The molecule has 0 radical (unpaired) electrons. The number of aromatic hydroxyl groups is 1. The SMILES string of the molecule is CCN(CC)CCN=Cc1c(O)n(-c2ccc(C)c(C)c2)c(=O)[nH]c1=O. The second kappa shape index (κ2) is 8.62. The number of likely N-dealkylation sites (N-methyl/N-ethyl adjacent to an activating group) is 1. The van der Waals surface area contributed by atoms with E-state index in [9.17, 15) is 14.7 Å². The summed E-state index contributed by atoms with van der Waals surface area (Å²) in [5.74, 6) is -0.409. The lowest BCUT2D eigenvalue weighted by Gasteiger charge is -2.15. The van der Waals surface area contributed by atoms with Gasteiger partial charge in [-0.3, -0.25) is 14.8 Å². The van der Waals surface area contributed by atoms with Gasteiger partial charge in [-0.05, 0) is 50.2 Å². The molecule has 0 aliphatic rings. The largest absolute Gasteiger partial charge is 0.493 e. The average Bonchev–Trinajstić information content (AvgIpc) is 2.60. The molecule has 0 unspecified atom stereocenters. The molecule has 2 aromatic rings. The predicted molar refractivity (Wildman–Crippen MR) is 104 cm³/mol. The lowest BCUT2D eigenvalue weighted by Crippen LogP contribution is -2.31. The van der Waals surface area contributed by atoms with Crippen LogP contribution in [0, 0.1) is 13.8 Å². The minimum atomic E-state index is -0.684. The second-order valence-corrected chi connectivity index (χ2v) is 6.16. The van der Waals surface area contributed by atoms with Gasteiger partial charge >= 0.3 is 5.69 Å². The normalized spacial score (nSPS) is 11.6. The molecule has 2 rings (SSSR count). The van der Waals surface area contributed by atoms with Gasteiger partial charge in [-0.15, -0.1) is 0 Å². The molecule has 1 heterocycles. The van der Waals surface area contributed by atoms with Crippen molar-refractivity contribution in [2.24, 2.45) is 4.99 Å². The van der Waals surface area contributed by atoms with Gasteiger partial charge in [-0.1, -0.05) is 19.9 Å². The van der Waals surface area contributed by atoms with E-state index in [2.05, 4.69) is 28.7 Å². The van der Waals surface area contributed by atoms with Gasteiger partial charge in [0.25, 0.3) is 5.56 Å². The molecule has 26 heavy (non-hydrogen) atoms. The number of aliphatic imine (C=N–C) groups is 1. The third-order valence-corrected chi connectivity index (χ3v) is 4.53. The van der Waals surface area contributed by atoms with E-state index in [1.807, 2.05) is 19.9 Å². The number of aryl methyl sites for hydroxylation is 2. The van der Waals surface area contributed by atoms with Crippen molar-refractivity contribution in [3.8, 4) is 11.6 Å². The Morgan fingerprint density at radius 3 is 2.50 bits per heavy atom. The van der Waals surface area contributed by atoms with Crippen molar-refractivity contribution >= 4 is 6.21 Å². The number of rotatable bonds is 7. The Kier molecular flexibility index (Phi) is 6.52. The van der Waals surface area contributed by atoms with E-state index >= 15 is 0 Å². The van der Waals surface area contributed by atoms with E-state index < -0.39 is 17.1 Å². The summed E-state index contributed by atoms with van der Waals surface area (Å²) in [5.41, 5.74) is 1.18. The molecule has 0 bridgehead atoms. The Morgan fingerprint density at radius 2 is 1.88 bits per heavy atom. The molecule has 0 saturated heterocycles. The summed E-state index contributed by atoms with van der Waals surface area (Å²) in [4.78, 5) is 33.0. The fraction of sp³-hybridized carbons (Fsp3) is 0.421. The number of benzene rings is 1. The summed E-state index contributed by atoms with van der Waals surface area (Å²) < 4.78 is 1.08. The zero-order valence-corrected chi connectivity index (χ0v) is 15.7. The molecular weight excluding hydrogens is 332 g/mol. The molecule has 1 aromatic heterocycles. The molecule has 0 aliphatic carbocycles. The van der Waals surface area contributed by atoms with E-state index in [4.69, 9.17) is 0 Å². The van der Waals surface area contributed by atoms with Crippen molar-refractivity contribution in [3.63, 3.8) is 0 Å². The van der Waals surface area contributed by atoms with Gasteiger partial charge < -0.3 is 10.0 Å². The molecule has 0 amide bonds. The van der Waals surface area contributed by atoms with Crippen LogP contribution in [0.2, 0.25) is 0 Å². The van der Waals surface area contributed by atoms with Crippen LogP contribution in [0.3, 0.4) is 0 Å². The Balaban J connectivity index is 2.38. The predicted octanol–water partition coefficient (Wildman–Crippen LogP) is 1.61. The van der Waals surface area contributed by atoms with Gasteiger partial charge in [0.05, 0.1) is 12.2 Å². The third kappa shape index (κ3) is 4.29. The van der Waals surface area contributed by atoms with Gasteiger partial charge in [0, 0.05) is 12.8 Å². The highest BCUT2D eigenvalue weighted by Crippen LogP contribution is 2.18. The first kappa shape index (κ1) is 19.7.